The average molecular weight is 366 g/mol. The van der Waals surface area contributed by atoms with Crippen molar-refractivity contribution in [2.45, 2.75) is 32.7 Å². The number of aromatic nitrogens is 2. The Balaban J connectivity index is 1.54. The summed E-state index contributed by atoms with van der Waals surface area (Å²) in [5.74, 6) is 0.566. The van der Waals surface area contributed by atoms with Crippen LogP contribution in [0.4, 0.5) is 5.88 Å². The molecule has 0 aliphatic carbocycles. The van der Waals surface area contributed by atoms with Crippen molar-refractivity contribution in [3.8, 4) is 0 Å². The minimum atomic E-state index is -0.369. The molecule has 3 aromatic rings. The van der Waals surface area contributed by atoms with Crippen molar-refractivity contribution < 1.29 is 9.21 Å². The molecule has 1 fully saturated rings. The predicted octanol–water partition coefficient (Wildman–Crippen LogP) is 2.91. The lowest BCUT2D eigenvalue weighted by Crippen LogP contribution is -2.33. The Kier molecular flexibility index (Phi) is 4.53. The van der Waals surface area contributed by atoms with E-state index < -0.39 is 0 Å². The van der Waals surface area contributed by atoms with E-state index in [0.29, 0.717) is 22.2 Å². The standard InChI is InChI=1S/C20H22N4O3/c1-12-17-13(2)27-20(18(17)19(26)23-22-12)21-16(25)11-24-10-6-9-15(24)14-7-4-3-5-8-14/h3-5,7-8,15H,6,9-11H2,1-2H3,(H,21,25)(H,23,26)/t15-/m1/s1. The summed E-state index contributed by atoms with van der Waals surface area (Å²) in [5.41, 5.74) is 1.52. The molecule has 0 spiro atoms. The van der Waals surface area contributed by atoms with E-state index >= 15 is 0 Å². The zero-order valence-corrected chi connectivity index (χ0v) is 15.4. The van der Waals surface area contributed by atoms with Gasteiger partial charge < -0.3 is 4.42 Å². The zero-order chi connectivity index (χ0) is 19.0. The molecular weight excluding hydrogens is 344 g/mol. The Labute approximate surface area is 156 Å². The number of benzene rings is 1. The Bertz CT molecular complexity index is 1040. The summed E-state index contributed by atoms with van der Waals surface area (Å²) in [6, 6.07) is 10.5. The van der Waals surface area contributed by atoms with Gasteiger partial charge in [0.15, 0.2) is 0 Å². The highest BCUT2D eigenvalue weighted by atomic mass is 16.4. The van der Waals surface area contributed by atoms with Gasteiger partial charge in [0.1, 0.15) is 11.1 Å². The third-order valence-corrected chi connectivity index (χ3v) is 5.15. The molecule has 7 heteroatoms. The summed E-state index contributed by atoms with van der Waals surface area (Å²) >= 11 is 0. The van der Waals surface area contributed by atoms with Crippen molar-refractivity contribution in [3.05, 3.63) is 57.7 Å². The fourth-order valence-electron chi connectivity index (χ4n) is 3.95. The molecule has 140 valence electrons. The quantitative estimate of drug-likeness (QED) is 0.741. The maximum atomic E-state index is 12.7. The summed E-state index contributed by atoms with van der Waals surface area (Å²) in [5, 5.41) is 10.2. The lowest BCUT2D eigenvalue weighted by molar-refractivity contribution is -0.117. The van der Waals surface area contributed by atoms with Crippen molar-refractivity contribution in [2.75, 3.05) is 18.4 Å². The van der Waals surface area contributed by atoms with Gasteiger partial charge in [0.25, 0.3) is 5.56 Å². The molecule has 27 heavy (non-hydrogen) atoms. The summed E-state index contributed by atoms with van der Waals surface area (Å²) in [6.45, 7) is 4.68. The fraction of sp³-hybridized carbons (Fsp3) is 0.350. The normalized spacial score (nSPS) is 17.5. The molecule has 2 aromatic heterocycles. The number of nitrogens with zero attached hydrogens (tertiary/aromatic N) is 2. The van der Waals surface area contributed by atoms with Crippen LogP contribution in [0.1, 0.15) is 35.9 Å². The number of nitrogens with one attached hydrogen (secondary N) is 2. The second kappa shape index (κ2) is 7.00. The van der Waals surface area contributed by atoms with Gasteiger partial charge in [0.2, 0.25) is 11.8 Å². The fourth-order valence-corrected chi connectivity index (χ4v) is 3.95. The average Bonchev–Trinajstić information content (AvgIpc) is 3.24. The monoisotopic (exact) mass is 366 g/mol. The molecule has 1 atom stereocenters. The lowest BCUT2D eigenvalue weighted by atomic mass is 10.0. The first-order valence-electron chi connectivity index (χ1n) is 9.12. The van der Waals surface area contributed by atoms with E-state index in [0.717, 1.165) is 19.4 Å². The van der Waals surface area contributed by atoms with Gasteiger partial charge in [-0.2, -0.15) is 5.10 Å². The van der Waals surface area contributed by atoms with Gasteiger partial charge in [-0.25, -0.2) is 5.10 Å². The molecule has 1 aromatic carbocycles. The largest absolute Gasteiger partial charge is 0.444 e. The van der Waals surface area contributed by atoms with Crippen LogP contribution in [-0.4, -0.2) is 34.1 Å². The number of aromatic amines is 1. The van der Waals surface area contributed by atoms with Crippen molar-refractivity contribution in [1.82, 2.24) is 15.1 Å². The third-order valence-electron chi connectivity index (χ3n) is 5.15. The van der Waals surface area contributed by atoms with Gasteiger partial charge in [0.05, 0.1) is 17.6 Å². The lowest BCUT2D eigenvalue weighted by Gasteiger charge is -2.24. The highest BCUT2D eigenvalue weighted by molar-refractivity contribution is 6.01. The molecule has 7 nitrogen and oxygen atoms in total. The van der Waals surface area contributed by atoms with Crippen LogP contribution in [0.15, 0.2) is 39.5 Å². The molecule has 0 bridgehead atoms. The number of anilines is 1. The summed E-state index contributed by atoms with van der Waals surface area (Å²) in [6.07, 6.45) is 2.09. The van der Waals surface area contributed by atoms with E-state index in [4.69, 9.17) is 4.42 Å². The van der Waals surface area contributed by atoms with Crippen LogP contribution in [-0.2, 0) is 4.79 Å². The molecule has 0 unspecified atom stereocenters. The number of hydrogen-bond acceptors (Lipinski definition) is 5. The smallest absolute Gasteiger partial charge is 0.277 e. The van der Waals surface area contributed by atoms with E-state index in [-0.39, 0.29) is 29.9 Å². The molecule has 0 radical (unpaired) electrons. The number of fused-ring (bicyclic) bond motifs is 1. The van der Waals surface area contributed by atoms with E-state index in [2.05, 4.69) is 32.5 Å². The third kappa shape index (κ3) is 3.26. The number of H-pyrrole nitrogens is 1. The molecule has 1 amide bonds. The molecule has 3 heterocycles. The highest BCUT2D eigenvalue weighted by Gasteiger charge is 2.28. The van der Waals surface area contributed by atoms with Crippen molar-refractivity contribution >= 4 is 22.6 Å². The number of hydrogen-bond donors (Lipinski definition) is 2. The summed E-state index contributed by atoms with van der Waals surface area (Å²) in [7, 11) is 0. The number of rotatable bonds is 4. The molecule has 1 saturated heterocycles. The minimum absolute atomic E-state index is 0.190. The van der Waals surface area contributed by atoms with Gasteiger partial charge in [-0.15, -0.1) is 0 Å². The number of likely N-dealkylation sites (tertiary alicyclic amines) is 1. The van der Waals surface area contributed by atoms with Crippen LogP contribution < -0.4 is 10.9 Å². The number of carbonyl (C=O) groups is 1. The van der Waals surface area contributed by atoms with Gasteiger partial charge >= 0.3 is 0 Å². The maximum absolute atomic E-state index is 12.7. The highest BCUT2D eigenvalue weighted by Crippen LogP contribution is 2.32. The first-order valence-corrected chi connectivity index (χ1v) is 9.12. The van der Waals surface area contributed by atoms with Gasteiger partial charge in [-0.1, -0.05) is 30.3 Å². The van der Waals surface area contributed by atoms with Gasteiger partial charge in [-0.05, 0) is 38.8 Å². The van der Waals surface area contributed by atoms with E-state index in [9.17, 15) is 9.59 Å². The second-order valence-electron chi connectivity index (χ2n) is 6.96. The Hall–Kier alpha value is -2.93. The van der Waals surface area contributed by atoms with Crippen molar-refractivity contribution in [2.24, 2.45) is 0 Å². The SMILES string of the molecule is Cc1n[nH]c(=O)c2c(NC(=O)CN3CCC[C@@H]3c3ccccc3)oc(C)c12. The van der Waals surface area contributed by atoms with Crippen LogP contribution >= 0.6 is 0 Å². The van der Waals surface area contributed by atoms with Crippen LogP contribution in [0.3, 0.4) is 0 Å². The van der Waals surface area contributed by atoms with Crippen molar-refractivity contribution in [1.29, 1.82) is 0 Å². The molecule has 1 aliphatic rings. The topological polar surface area (TPSA) is 91.2 Å². The number of amides is 1. The minimum Gasteiger partial charge on any atom is -0.444 e. The van der Waals surface area contributed by atoms with E-state index in [1.165, 1.54) is 5.56 Å². The second-order valence-corrected chi connectivity index (χ2v) is 6.96. The van der Waals surface area contributed by atoms with Gasteiger partial charge in [-0.3, -0.25) is 19.8 Å². The van der Waals surface area contributed by atoms with Crippen LogP contribution in [0.25, 0.3) is 10.8 Å². The number of furan rings is 1. The van der Waals surface area contributed by atoms with E-state index in [1.807, 2.05) is 18.2 Å². The molecule has 2 N–H and O–H groups in total. The first-order chi connectivity index (χ1) is 13.0. The summed E-state index contributed by atoms with van der Waals surface area (Å²) < 4.78 is 5.66. The number of carbonyl (C=O) groups excluding carboxylic acids is 1. The Morgan fingerprint density at radius 1 is 1.30 bits per heavy atom. The maximum Gasteiger partial charge on any atom is 0.277 e. The number of aryl methyl sites for hydroxylation is 2. The van der Waals surface area contributed by atoms with Crippen LogP contribution in [0.2, 0.25) is 0 Å². The predicted molar refractivity (Wildman–Crippen MR) is 103 cm³/mol. The molecule has 1 aliphatic heterocycles. The summed E-state index contributed by atoms with van der Waals surface area (Å²) in [4.78, 5) is 27.0. The van der Waals surface area contributed by atoms with E-state index in [1.54, 1.807) is 13.8 Å². The molecule has 4 rings (SSSR count). The first kappa shape index (κ1) is 17.5. The Morgan fingerprint density at radius 3 is 2.85 bits per heavy atom. The van der Waals surface area contributed by atoms with Crippen LogP contribution in [0.5, 0.6) is 0 Å². The van der Waals surface area contributed by atoms with Crippen LogP contribution in [0, 0.1) is 13.8 Å². The van der Waals surface area contributed by atoms with Crippen molar-refractivity contribution in [3.63, 3.8) is 0 Å². The zero-order valence-electron chi connectivity index (χ0n) is 15.4. The molecular formula is C20H22N4O3. The van der Waals surface area contributed by atoms with Gasteiger partial charge in [0, 0.05) is 6.04 Å². The Morgan fingerprint density at radius 2 is 2.07 bits per heavy atom. The molecule has 0 saturated carbocycles.